The number of methoxy groups -OCH3 is 2. The van der Waals surface area contributed by atoms with E-state index in [1.54, 1.807) is 39.1 Å². The van der Waals surface area contributed by atoms with Gasteiger partial charge in [-0.15, -0.1) is 0 Å². The molecule has 0 unspecified atom stereocenters. The Kier molecular flexibility index (Phi) is 8.05. The second-order valence-corrected chi connectivity index (χ2v) is 8.53. The molecule has 0 N–H and O–H groups in total. The zero-order valence-corrected chi connectivity index (χ0v) is 20.7. The fourth-order valence-corrected chi connectivity index (χ4v) is 4.58. The summed E-state index contributed by atoms with van der Waals surface area (Å²) in [6.07, 6.45) is 3.58. The van der Waals surface area contributed by atoms with Crippen molar-refractivity contribution < 1.29 is 19.0 Å². The third-order valence-corrected chi connectivity index (χ3v) is 6.39. The molecule has 0 bridgehead atoms. The van der Waals surface area contributed by atoms with Crippen molar-refractivity contribution in [2.45, 2.75) is 24.4 Å². The van der Waals surface area contributed by atoms with Crippen molar-refractivity contribution in [3.05, 3.63) is 78.6 Å². The molecule has 180 valence electrons. The zero-order valence-electron chi connectivity index (χ0n) is 19.9. The average molecular weight is 490 g/mol. The van der Waals surface area contributed by atoms with E-state index >= 15 is 0 Å². The van der Waals surface area contributed by atoms with Crippen LogP contribution >= 0.6 is 11.8 Å². The van der Waals surface area contributed by atoms with Crippen LogP contribution in [-0.4, -0.2) is 41.3 Å². The van der Waals surface area contributed by atoms with Crippen molar-refractivity contribution in [1.29, 1.82) is 0 Å². The van der Waals surface area contributed by atoms with Crippen LogP contribution in [0.4, 0.5) is 0 Å². The van der Waals surface area contributed by atoms with Gasteiger partial charge in [0.25, 0.3) is 0 Å². The maximum atomic E-state index is 12.6. The normalized spacial score (nSPS) is 10.7. The van der Waals surface area contributed by atoms with Crippen molar-refractivity contribution in [3.8, 4) is 34.0 Å². The standard InChI is InChI=1S/C27H27N3O4S/c1-4-34-24(31)17-30-26(21-9-13-23(33-3)14-10-21)25(20-7-11-22(32-2)12-8-20)29-27(30)35-18-19-6-5-15-28-16-19/h5-16H,4,17-18H2,1-3H3. The van der Waals surface area contributed by atoms with Crippen LogP contribution in [0.25, 0.3) is 22.5 Å². The molecule has 8 heteroatoms. The number of esters is 1. The van der Waals surface area contributed by atoms with Gasteiger partial charge in [0, 0.05) is 29.3 Å². The highest BCUT2D eigenvalue weighted by Gasteiger charge is 2.23. The lowest BCUT2D eigenvalue weighted by molar-refractivity contribution is -0.143. The number of rotatable bonds is 10. The van der Waals surface area contributed by atoms with Gasteiger partial charge in [-0.2, -0.15) is 0 Å². The summed E-state index contributed by atoms with van der Waals surface area (Å²) in [7, 11) is 3.27. The summed E-state index contributed by atoms with van der Waals surface area (Å²) >= 11 is 1.55. The van der Waals surface area contributed by atoms with Crippen LogP contribution in [0, 0.1) is 0 Å². The molecule has 4 rings (SSSR count). The lowest BCUT2D eigenvalue weighted by Crippen LogP contribution is -2.15. The van der Waals surface area contributed by atoms with Gasteiger partial charge < -0.3 is 18.8 Å². The fourth-order valence-electron chi connectivity index (χ4n) is 3.65. The Morgan fingerprint density at radius 2 is 1.60 bits per heavy atom. The zero-order chi connectivity index (χ0) is 24.6. The van der Waals surface area contributed by atoms with Gasteiger partial charge in [-0.3, -0.25) is 9.78 Å². The molecule has 2 aromatic heterocycles. The summed E-state index contributed by atoms with van der Waals surface area (Å²) < 4.78 is 17.9. The van der Waals surface area contributed by atoms with Crippen LogP contribution in [0.2, 0.25) is 0 Å². The lowest BCUT2D eigenvalue weighted by Gasteiger charge is -2.13. The first-order valence-electron chi connectivity index (χ1n) is 11.2. The second-order valence-electron chi connectivity index (χ2n) is 7.59. The highest BCUT2D eigenvalue weighted by Crippen LogP contribution is 2.38. The fraction of sp³-hybridized carbons (Fsp3) is 0.222. The minimum Gasteiger partial charge on any atom is -0.497 e. The number of pyridine rings is 1. The molecule has 0 aliphatic heterocycles. The number of carbonyl (C=O) groups excluding carboxylic acids is 1. The first kappa shape index (κ1) is 24.3. The number of aromatic nitrogens is 3. The Balaban J connectivity index is 1.84. The van der Waals surface area contributed by atoms with E-state index in [0.717, 1.165) is 44.7 Å². The number of carbonyl (C=O) groups is 1. The van der Waals surface area contributed by atoms with Crippen molar-refractivity contribution in [2.24, 2.45) is 0 Å². The summed E-state index contributed by atoms with van der Waals surface area (Å²) in [5.74, 6) is 1.86. The molecule has 2 aromatic carbocycles. The molecule has 35 heavy (non-hydrogen) atoms. The van der Waals surface area contributed by atoms with E-state index in [9.17, 15) is 4.79 Å². The van der Waals surface area contributed by atoms with Crippen molar-refractivity contribution in [3.63, 3.8) is 0 Å². The van der Waals surface area contributed by atoms with Crippen LogP contribution in [0.1, 0.15) is 12.5 Å². The van der Waals surface area contributed by atoms with Gasteiger partial charge in [-0.05, 0) is 67.1 Å². The van der Waals surface area contributed by atoms with Gasteiger partial charge in [-0.25, -0.2) is 4.98 Å². The molecular weight excluding hydrogens is 462 g/mol. The molecule has 0 aliphatic rings. The van der Waals surface area contributed by atoms with Crippen LogP contribution in [-0.2, 0) is 21.8 Å². The molecular formula is C27H27N3O4S. The number of nitrogens with zero attached hydrogens (tertiary/aromatic N) is 3. The van der Waals surface area contributed by atoms with E-state index in [0.29, 0.717) is 12.4 Å². The average Bonchev–Trinajstić information content (AvgIpc) is 3.26. The molecule has 0 fully saturated rings. The Hall–Kier alpha value is -3.78. The number of benzene rings is 2. The molecule has 0 atom stereocenters. The summed E-state index contributed by atoms with van der Waals surface area (Å²) in [4.78, 5) is 21.8. The Bertz CT molecular complexity index is 1260. The van der Waals surface area contributed by atoms with E-state index < -0.39 is 0 Å². The molecule has 7 nitrogen and oxygen atoms in total. The van der Waals surface area contributed by atoms with Crippen LogP contribution in [0.15, 0.2) is 78.2 Å². The SMILES string of the molecule is CCOC(=O)Cn1c(SCc2cccnc2)nc(-c2ccc(OC)cc2)c1-c1ccc(OC)cc1. The molecule has 0 amide bonds. The molecule has 0 radical (unpaired) electrons. The van der Waals surface area contributed by atoms with Crippen LogP contribution in [0.3, 0.4) is 0 Å². The second kappa shape index (κ2) is 11.6. The number of thioether (sulfide) groups is 1. The Labute approximate surface area is 209 Å². The number of ether oxygens (including phenoxy) is 3. The highest BCUT2D eigenvalue weighted by atomic mass is 32.2. The third-order valence-electron chi connectivity index (χ3n) is 5.34. The molecule has 0 saturated heterocycles. The number of hydrogen-bond donors (Lipinski definition) is 0. The van der Waals surface area contributed by atoms with Crippen LogP contribution in [0.5, 0.6) is 11.5 Å². The predicted octanol–water partition coefficient (Wildman–Crippen LogP) is 5.48. The Morgan fingerprint density at radius 3 is 2.17 bits per heavy atom. The minimum atomic E-state index is -0.316. The van der Waals surface area contributed by atoms with Crippen molar-refractivity contribution in [1.82, 2.24) is 14.5 Å². The van der Waals surface area contributed by atoms with Gasteiger partial charge in [0.1, 0.15) is 18.0 Å². The van der Waals surface area contributed by atoms with Crippen LogP contribution < -0.4 is 9.47 Å². The lowest BCUT2D eigenvalue weighted by atomic mass is 10.0. The van der Waals surface area contributed by atoms with Gasteiger partial charge in [0.2, 0.25) is 0 Å². The summed E-state index contributed by atoms with van der Waals surface area (Å²) in [5, 5.41) is 0.721. The van der Waals surface area contributed by atoms with E-state index in [1.165, 1.54) is 0 Å². The highest BCUT2D eigenvalue weighted by molar-refractivity contribution is 7.98. The van der Waals surface area contributed by atoms with Gasteiger partial charge in [0.05, 0.1) is 32.2 Å². The van der Waals surface area contributed by atoms with E-state index in [1.807, 2.05) is 71.4 Å². The molecule has 4 aromatic rings. The van der Waals surface area contributed by atoms with Crippen molar-refractivity contribution in [2.75, 3.05) is 20.8 Å². The molecule has 2 heterocycles. The Morgan fingerprint density at radius 1 is 0.943 bits per heavy atom. The van der Waals surface area contributed by atoms with Gasteiger partial charge in [-0.1, -0.05) is 17.8 Å². The summed E-state index contributed by atoms with van der Waals surface area (Å²) in [5.41, 5.74) is 4.51. The monoisotopic (exact) mass is 489 g/mol. The largest absolute Gasteiger partial charge is 0.497 e. The first-order valence-corrected chi connectivity index (χ1v) is 12.2. The number of hydrogen-bond acceptors (Lipinski definition) is 7. The maximum absolute atomic E-state index is 12.6. The predicted molar refractivity (Wildman–Crippen MR) is 137 cm³/mol. The summed E-state index contributed by atoms with van der Waals surface area (Å²) in [6, 6.07) is 19.4. The van der Waals surface area contributed by atoms with Crippen molar-refractivity contribution >= 4 is 17.7 Å². The topological polar surface area (TPSA) is 75.5 Å². The molecule has 0 spiro atoms. The molecule has 0 aliphatic carbocycles. The third kappa shape index (κ3) is 5.84. The first-order chi connectivity index (χ1) is 17.1. The molecule has 0 saturated carbocycles. The van der Waals surface area contributed by atoms with E-state index in [4.69, 9.17) is 19.2 Å². The maximum Gasteiger partial charge on any atom is 0.326 e. The number of imidazole rings is 1. The van der Waals surface area contributed by atoms with Gasteiger partial charge >= 0.3 is 5.97 Å². The summed E-state index contributed by atoms with van der Waals surface area (Å²) in [6.45, 7) is 2.17. The quantitative estimate of drug-likeness (QED) is 0.216. The van der Waals surface area contributed by atoms with E-state index in [2.05, 4.69) is 4.98 Å². The minimum absolute atomic E-state index is 0.0493. The van der Waals surface area contributed by atoms with E-state index in [-0.39, 0.29) is 12.5 Å². The smallest absolute Gasteiger partial charge is 0.326 e. The van der Waals surface area contributed by atoms with Gasteiger partial charge in [0.15, 0.2) is 5.16 Å².